The van der Waals surface area contributed by atoms with Crippen LogP contribution in [0.1, 0.15) is 23.6 Å². The van der Waals surface area contributed by atoms with Crippen LogP contribution in [0.4, 0.5) is 5.69 Å². The van der Waals surface area contributed by atoms with E-state index in [9.17, 15) is 9.59 Å². The number of hydrogen-bond acceptors (Lipinski definition) is 6. The Morgan fingerprint density at radius 3 is 2.55 bits per heavy atom. The Labute approximate surface area is 169 Å². The minimum absolute atomic E-state index is 0.0863. The molecular weight excluding hydrogens is 374 g/mol. The largest absolute Gasteiger partial charge is 0.493 e. The van der Waals surface area contributed by atoms with Gasteiger partial charge in [0.1, 0.15) is 0 Å². The molecule has 2 aromatic rings. The zero-order valence-electron chi connectivity index (χ0n) is 16.9. The number of rotatable bonds is 9. The number of hydrogen-bond donors (Lipinski definition) is 3. The van der Waals surface area contributed by atoms with Gasteiger partial charge >= 0.3 is 5.97 Å². The van der Waals surface area contributed by atoms with Crippen molar-refractivity contribution >= 4 is 23.8 Å². The fourth-order valence-electron chi connectivity index (χ4n) is 2.35. The fourth-order valence-corrected chi connectivity index (χ4v) is 2.35. The van der Waals surface area contributed by atoms with Crippen LogP contribution in [0.15, 0.2) is 41.5 Å². The Bertz CT molecular complexity index is 911. The minimum Gasteiger partial charge on any atom is -0.493 e. The van der Waals surface area contributed by atoms with Gasteiger partial charge in [-0.3, -0.25) is 4.79 Å². The first-order chi connectivity index (χ1) is 13.8. The van der Waals surface area contributed by atoms with Crippen LogP contribution in [0.2, 0.25) is 0 Å². The van der Waals surface area contributed by atoms with Crippen molar-refractivity contribution in [1.29, 1.82) is 0 Å². The van der Waals surface area contributed by atoms with E-state index < -0.39 is 12.1 Å². The number of nitrogens with one attached hydrogen (secondary N) is 2. The molecule has 0 spiro atoms. The lowest BCUT2D eigenvalue weighted by molar-refractivity contribution is -0.144. The molecule has 0 saturated carbocycles. The average Bonchev–Trinajstić information content (AvgIpc) is 2.69. The van der Waals surface area contributed by atoms with Crippen LogP contribution < -0.4 is 20.2 Å². The minimum atomic E-state index is -1.07. The van der Waals surface area contributed by atoms with E-state index >= 15 is 0 Å². The third-order valence-electron chi connectivity index (χ3n) is 4.20. The summed E-state index contributed by atoms with van der Waals surface area (Å²) in [5.41, 5.74) is 6.30. The zero-order chi connectivity index (χ0) is 21.4. The van der Waals surface area contributed by atoms with Crippen molar-refractivity contribution in [3.63, 3.8) is 0 Å². The Morgan fingerprint density at radius 1 is 1.14 bits per heavy atom. The second-order valence-electron chi connectivity index (χ2n) is 6.45. The third kappa shape index (κ3) is 6.53. The van der Waals surface area contributed by atoms with E-state index in [-0.39, 0.29) is 12.5 Å². The average molecular weight is 399 g/mol. The highest BCUT2D eigenvalue weighted by molar-refractivity contribution is 5.85. The molecule has 0 aliphatic heterocycles. The van der Waals surface area contributed by atoms with Crippen molar-refractivity contribution in [2.45, 2.75) is 26.9 Å². The van der Waals surface area contributed by atoms with Crippen molar-refractivity contribution in [2.24, 2.45) is 5.10 Å². The molecule has 3 N–H and O–H groups in total. The van der Waals surface area contributed by atoms with Crippen molar-refractivity contribution in [2.75, 3.05) is 19.0 Å². The molecule has 8 nitrogen and oxygen atoms in total. The second kappa shape index (κ2) is 10.1. The maximum Gasteiger partial charge on any atom is 0.344 e. The number of benzene rings is 2. The van der Waals surface area contributed by atoms with Gasteiger partial charge in [-0.2, -0.15) is 5.10 Å². The topological polar surface area (TPSA) is 109 Å². The van der Waals surface area contributed by atoms with Crippen LogP contribution in [0.3, 0.4) is 0 Å². The van der Waals surface area contributed by atoms with Crippen molar-refractivity contribution in [3.8, 4) is 11.5 Å². The van der Waals surface area contributed by atoms with Crippen LogP contribution in [-0.2, 0) is 9.59 Å². The fraction of sp³-hybridized carbons (Fsp3) is 0.286. The number of aryl methyl sites for hydroxylation is 2. The molecular formula is C21H25N3O5. The Morgan fingerprint density at radius 2 is 1.90 bits per heavy atom. The monoisotopic (exact) mass is 399 g/mol. The number of carbonyl (C=O) groups is 2. The number of methoxy groups -OCH3 is 1. The SMILES string of the molecule is COc1cc(/C=N\NC(=O)CNc2ccc(C)c(C)c2)ccc1O[C@@H](C)C(=O)O. The van der Waals surface area contributed by atoms with E-state index in [4.69, 9.17) is 14.6 Å². The molecule has 0 aliphatic carbocycles. The van der Waals surface area contributed by atoms with Crippen molar-refractivity contribution in [3.05, 3.63) is 53.1 Å². The summed E-state index contributed by atoms with van der Waals surface area (Å²) in [5.74, 6) is -0.692. The van der Waals surface area contributed by atoms with Crippen molar-refractivity contribution in [1.82, 2.24) is 5.43 Å². The number of carbonyl (C=O) groups excluding carboxylic acids is 1. The summed E-state index contributed by atoms with van der Waals surface area (Å²) in [6.07, 6.45) is 0.452. The first-order valence-electron chi connectivity index (χ1n) is 9.00. The van der Waals surface area contributed by atoms with Crippen molar-refractivity contribution < 1.29 is 24.2 Å². The van der Waals surface area contributed by atoms with E-state index in [2.05, 4.69) is 15.8 Å². The molecule has 2 aromatic carbocycles. The molecule has 0 bridgehead atoms. The molecule has 8 heteroatoms. The third-order valence-corrected chi connectivity index (χ3v) is 4.20. The number of hydrazone groups is 1. The quantitative estimate of drug-likeness (QED) is 0.442. The second-order valence-corrected chi connectivity index (χ2v) is 6.45. The highest BCUT2D eigenvalue weighted by Crippen LogP contribution is 2.28. The van der Waals surface area contributed by atoms with Gasteiger partial charge in [0.15, 0.2) is 17.6 Å². The Hall–Kier alpha value is -3.55. The van der Waals surface area contributed by atoms with Gasteiger partial charge in [0.05, 0.1) is 19.9 Å². The maximum absolute atomic E-state index is 11.9. The van der Waals surface area contributed by atoms with Crippen LogP contribution in [-0.4, -0.2) is 43.0 Å². The van der Waals surface area contributed by atoms with Gasteiger partial charge in [-0.25, -0.2) is 10.2 Å². The summed E-state index contributed by atoms with van der Waals surface area (Å²) in [6.45, 7) is 5.56. The molecule has 0 aromatic heterocycles. The predicted molar refractivity (Wildman–Crippen MR) is 111 cm³/mol. The summed E-state index contributed by atoms with van der Waals surface area (Å²) >= 11 is 0. The van der Waals surface area contributed by atoms with E-state index in [1.165, 1.54) is 25.8 Å². The Balaban J connectivity index is 1.90. The molecule has 1 amide bonds. The lowest BCUT2D eigenvalue weighted by Gasteiger charge is -2.14. The number of nitrogens with zero attached hydrogens (tertiary/aromatic N) is 1. The van der Waals surface area contributed by atoms with E-state index in [0.717, 1.165) is 11.3 Å². The first kappa shape index (κ1) is 21.7. The normalized spacial score (nSPS) is 11.7. The first-order valence-corrected chi connectivity index (χ1v) is 9.00. The van der Waals surface area contributed by atoms with Gasteiger partial charge in [-0.15, -0.1) is 0 Å². The molecule has 1 atom stereocenters. The van der Waals surface area contributed by atoms with Crippen LogP contribution in [0.5, 0.6) is 11.5 Å². The summed E-state index contributed by atoms with van der Waals surface area (Å²) < 4.78 is 10.6. The summed E-state index contributed by atoms with van der Waals surface area (Å²) in [6, 6.07) is 10.8. The number of aliphatic carboxylic acids is 1. The summed E-state index contributed by atoms with van der Waals surface area (Å²) in [4.78, 5) is 22.9. The molecule has 0 unspecified atom stereocenters. The Kier molecular flexibility index (Phi) is 7.59. The molecule has 0 aliphatic rings. The summed E-state index contributed by atoms with van der Waals surface area (Å²) in [5, 5.41) is 15.9. The number of amides is 1. The van der Waals surface area contributed by atoms with Gasteiger partial charge in [-0.05, 0) is 67.8 Å². The number of carboxylic acid groups (broad SMARTS) is 1. The molecule has 29 heavy (non-hydrogen) atoms. The van der Waals surface area contributed by atoms with Gasteiger partial charge in [0, 0.05) is 5.69 Å². The van der Waals surface area contributed by atoms with Crippen LogP contribution in [0.25, 0.3) is 0 Å². The highest BCUT2D eigenvalue weighted by Gasteiger charge is 2.15. The number of carboxylic acids is 1. The highest BCUT2D eigenvalue weighted by atomic mass is 16.5. The lowest BCUT2D eigenvalue weighted by atomic mass is 10.1. The molecule has 0 radical (unpaired) electrons. The van der Waals surface area contributed by atoms with Crippen LogP contribution in [0, 0.1) is 13.8 Å². The summed E-state index contributed by atoms with van der Waals surface area (Å²) in [7, 11) is 1.45. The van der Waals surface area contributed by atoms with Crippen LogP contribution >= 0.6 is 0 Å². The van der Waals surface area contributed by atoms with Gasteiger partial charge in [0.25, 0.3) is 5.91 Å². The zero-order valence-corrected chi connectivity index (χ0v) is 16.9. The smallest absolute Gasteiger partial charge is 0.344 e. The molecule has 154 valence electrons. The van der Waals surface area contributed by atoms with E-state index in [1.807, 2.05) is 32.0 Å². The van der Waals surface area contributed by atoms with Gasteiger partial charge in [-0.1, -0.05) is 6.07 Å². The lowest BCUT2D eigenvalue weighted by Crippen LogP contribution is -2.25. The number of anilines is 1. The number of ether oxygens (including phenoxy) is 2. The molecule has 0 fully saturated rings. The molecule has 2 rings (SSSR count). The standard InChI is InChI=1S/C21H25N3O5/c1-13-5-7-17(9-14(13)2)22-12-20(25)24-23-11-16-6-8-18(19(10-16)28-4)29-15(3)21(26)27/h5-11,15,22H,12H2,1-4H3,(H,24,25)(H,26,27)/b23-11-/t15-/m0/s1. The molecule has 0 heterocycles. The maximum atomic E-state index is 11.9. The van der Waals surface area contributed by atoms with Gasteiger partial charge in [0.2, 0.25) is 0 Å². The predicted octanol–water partition coefficient (Wildman–Crippen LogP) is 2.73. The van der Waals surface area contributed by atoms with E-state index in [0.29, 0.717) is 17.1 Å². The molecule has 0 saturated heterocycles. The van der Waals surface area contributed by atoms with Gasteiger partial charge < -0.3 is 19.9 Å². The van der Waals surface area contributed by atoms with E-state index in [1.54, 1.807) is 18.2 Å².